The lowest BCUT2D eigenvalue weighted by Crippen LogP contribution is -2.45. The number of hydrogen-bond acceptors (Lipinski definition) is 7. The second kappa shape index (κ2) is 7.00. The summed E-state index contributed by atoms with van der Waals surface area (Å²) < 4.78 is 0. The SMILES string of the molecule is CN1CCN(c2nc3c(c(C4=C(c5c[nH]c6sccc56)C(=O)NC4=O)n2)CCC3)CC1. The maximum atomic E-state index is 13.0. The molecule has 158 valence electrons. The first-order chi connectivity index (χ1) is 15.1. The molecule has 0 aromatic carbocycles. The van der Waals surface area contributed by atoms with Gasteiger partial charge in [0.1, 0.15) is 4.83 Å². The van der Waals surface area contributed by atoms with Gasteiger partial charge in [0.15, 0.2) is 0 Å². The lowest BCUT2D eigenvalue weighted by Gasteiger charge is -2.32. The number of aromatic amines is 1. The predicted molar refractivity (Wildman–Crippen MR) is 120 cm³/mol. The van der Waals surface area contributed by atoms with Crippen LogP contribution in [0.5, 0.6) is 0 Å². The number of nitrogens with one attached hydrogen (secondary N) is 2. The second-order valence-electron chi connectivity index (χ2n) is 8.34. The van der Waals surface area contributed by atoms with Crippen LogP contribution in [0.15, 0.2) is 17.6 Å². The number of likely N-dealkylation sites (N-methyl/N-ethyl adjacent to an activating group) is 1. The van der Waals surface area contributed by atoms with Crippen LogP contribution < -0.4 is 10.2 Å². The van der Waals surface area contributed by atoms with Crippen molar-refractivity contribution in [3.8, 4) is 0 Å². The van der Waals surface area contributed by atoms with Crippen molar-refractivity contribution in [1.82, 2.24) is 25.2 Å². The summed E-state index contributed by atoms with van der Waals surface area (Å²) in [7, 11) is 2.11. The van der Waals surface area contributed by atoms with Gasteiger partial charge in [-0.1, -0.05) is 0 Å². The molecule has 3 aromatic heterocycles. The van der Waals surface area contributed by atoms with Gasteiger partial charge in [-0.3, -0.25) is 14.9 Å². The normalized spacial score (nSPS) is 19.6. The molecule has 0 spiro atoms. The van der Waals surface area contributed by atoms with E-state index in [-0.39, 0.29) is 11.8 Å². The molecule has 0 bridgehead atoms. The van der Waals surface area contributed by atoms with Crippen LogP contribution in [-0.4, -0.2) is 64.9 Å². The molecule has 0 unspecified atom stereocenters. The summed E-state index contributed by atoms with van der Waals surface area (Å²) in [4.78, 5) is 44.4. The summed E-state index contributed by atoms with van der Waals surface area (Å²) in [5.74, 6) is -0.0715. The van der Waals surface area contributed by atoms with Gasteiger partial charge in [-0.25, -0.2) is 9.97 Å². The Bertz CT molecular complexity index is 1260. The minimum absolute atomic E-state index is 0.362. The van der Waals surface area contributed by atoms with Gasteiger partial charge in [0, 0.05) is 54.6 Å². The van der Waals surface area contributed by atoms with Crippen molar-refractivity contribution < 1.29 is 9.59 Å². The van der Waals surface area contributed by atoms with Crippen LogP contribution in [0.4, 0.5) is 5.95 Å². The molecule has 3 aliphatic rings. The third-order valence-corrected chi connectivity index (χ3v) is 7.29. The Kier molecular flexibility index (Phi) is 4.22. The number of carbonyl (C=O) groups excluding carboxylic acids is 2. The van der Waals surface area contributed by atoms with E-state index >= 15 is 0 Å². The summed E-state index contributed by atoms with van der Waals surface area (Å²) >= 11 is 1.58. The van der Waals surface area contributed by atoms with Crippen LogP contribution in [0.1, 0.15) is 28.9 Å². The fraction of sp³-hybridized carbons (Fsp3) is 0.364. The van der Waals surface area contributed by atoms with E-state index in [1.54, 1.807) is 11.3 Å². The van der Waals surface area contributed by atoms with E-state index in [2.05, 4.69) is 27.1 Å². The molecule has 5 heterocycles. The number of thiophene rings is 1. The number of H-pyrrole nitrogens is 1. The first kappa shape index (κ1) is 18.7. The first-order valence-electron chi connectivity index (χ1n) is 10.6. The maximum absolute atomic E-state index is 13.0. The van der Waals surface area contributed by atoms with E-state index < -0.39 is 0 Å². The second-order valence-corrected chi connectivity index (χ2v) is 9.26. The zero-order valence-electron chi connectivity index (χ0n) is 17.2. The summed E-state index contributed by atoms with van der Waals surface area (Å²) in [5.41, 5.74) is 4.18. The van der Waals surface area contributed by atoms with Crippen LogP contribution >= 0.6 is 11.3 Å². The average molecular weight is 435 g/mol. The Morgan fingerprint density at radius 2 is 1.84 bits per heavy atom. The lowest BCUT2D eigenvalue weighted by atomic mass is 9.97. The van der Waals surface area contributed by atoms with Crippen LogP contribution in [0.25, 0.3) is 21.4 Å². The smallest absolute Gasteiger partial charge is 0.261 e. The molecule has 2 amide bonds. The number of amides is 2. The molecule has 2 aliphatic heterocycles. The Balaban J connectivity index is 1.55. The maximum Gasteiger partial charge on any atom is 0.261 e. The topological polar surface area (TPSA) is 94.2 Å². The van der Waals surface area contributed by atoms with Crippen LogP contribution in [0.3, 0.4) is 0 Å². The molecule has 0 radical (unpaired) electrons. The van der Waals surface area contributed by atoms with Gasteiger partial charge in [-0.2, -0.15) is 0 Å². The van der Waals surface area contributed by atoms with Crippen molar-refractivity contribution in [2.24, 2.45) is 0 Å². The molecular weight excluding hydrogens is 412 g/mol. The fourth-order valence-corrected chi connectivity index (χ4v) is 5.54. The number of aryl methyl sites for hydroxylation is 1. The number of rotatable bonds is 3. The van der Waals surface area contributed by atoms with Crippen molar-refractivity contribution in [2.75, 3.05) is 38.1 Å². The van der Waals surface area contributed by atoms with Crippen LogP contribution in [0.2, 0.25) is 0 Å². The Hall–Kier alpha value is -3.04. The summed E-state index contributed by atoms with van der Waals surface area (Å²) in [6, 6.07) is 1.98. The summed E-state index contributed by atoms with van der Waals surface area (Å²) in [5, 5.41) is 5.44. The Labute approximate surface area is 183 Å². The number of piperazine rings is 1. The van der Waals surface area contributed by atoms with Crippen molar-refractivity contribution in [1.29, 1.82) is 0 Å². The van der Waals surface area contributed by atoms with Crippen LogP contribution in [0, 0.1) is 0 Å². The molecular formula is C22H22N6O2S. The minimum Gasteiger partial charge on any atom is -0.352 e. The predicted octanol–water partition coefficient (Wildman–Crippen LogP) is 1.83. The summed E-state index contributed by atoms with van der Waals surface area (Å²) in [6.45, 7) is 3.59. The Morgan fingerprint density at radius 3 is 2.68 bits per heavy atom. The number of aromatic nitrogens is 3. The zero-order chi connectivity index (χ0) is 21.1. The highest BCUT2D eigenvalue weighted by Crippen LogP contribution is 2.39. The third-order valence-electron chi connectivity index (χ3n) is 6.45. The molecule has 31 heavy (non-hydrogen) atoms. The quantitative estimate of drug-likeness (QED) is 0.611. The zero-order valence-corrected chi connectivity index (χ0v) is 18.0. The van der Waals surface area contributed by atoms with Gasteiger partial charge in [0.25, 0.3) is 11.8 Å². The van der Waals surface area contributed by atoms with Crippen molar-refractivity contribution in [3.63, 3.8) is 0 Å². The average Bonchev–Trinajstić information content (AvgIpc) is 3.52. The molecule has 1 fully saturated rings. The van der Waals surface area contributed by atoms with E-state index in [1.165, 1.54) is 0 Å². The van der Waals surface area contributed by atoms with E-state index in [1.807, 2.05) is 17.6 Å². The van der Waals surface area contributed by atoms with Crippen molar-refractivity contribution in [3.05, 3.63) is 40.2 Å². The minimum atomic E-state index is -0.373. The molecule has 6 rings (SSSR count). The fourth-order valence-electron chi connectivity index (χ4n) is 4.77. The van der Waals surface area contributed by atoms with Crippen LogP contribution in [-0.2, 0) is 22.4 Å². The van der Waals surface area contributed by atoms with Gasteiger partial charge >= 0.3 is 0 Å². The summed E-state index contributed by atoms with van der Waals surface area (Å²) in [6.07, 6.45) is 4.51. The largest absolute Gasteiger partial charge is 0.352 e. The number of carbonyl (C=O) groups is 2. The van der Waals surface area contributed by atoms with Crippen molar-refractivity contribution >= 4 is 50.5 Å². The van der Waals surface area contributed by atoms with Gasteiger partial charge in [-0.15, -0.1) is 11.3 Å². The molecule has 1 aliphatic carbocycles. The van der Waals surface area contributed by atoms with Gasteiger partial charge in [0.05, 0.1) is 16.8 Å². The number of nitrogens with zero attached hydrogens (tertiary/aromatic N) is 4. The number of fused-ring (bicyclic) bond motifs is 2. The van der Waals surface area contributed by atoms with E-state index in [4.69, 9.17) is 9.97 Å². The van der Waals surface area contributed by atoms with Crippen molar-refractivity contribution in [2.45, 2.75) is 19.3 Å². The molecule has 2 N–H and O–H groups in total. The number of anilines is 1. The molecule has 0 atom stereocenters. The van der Waals surface area contributed by atoms with E-state index in [9.17, 15) is 9.59 Å². The highest BCUT2D eigenvalue weighted by Gasteiger charge is 2.37. The number of imide groups is 1. The molecule has 9 heteroatoms. The highest BCUT2D eigenvalue weighted by molar-refractivity contribution is 7.16. The number of hydrogen-bond donors (Lipinski definition) is 2. The molecule has 0 saturated carbocycles. The van der Waals surface area contributed by atoms with E-state index in [0.29, 0.717) is 22.8 Å². The van der Waals surface area contributed by atoms with Gasteiger partial charge in [-0.05, 0) is 37.8 Å². The third kappa shape index (κ3) is 2.91. The van der Waals surface area contributed by atoms with Gasteiger partial charge in [0.2, 0.25) is 5.95 Å². The monoisotopic (exact) mass is 434 g/mol. The Morgan fingerprint density at radius 1 is 1.03 bits per heavy atom. The molecule has 3 aromatic rings. The standard InChI is InChI=1S/C22H22N6O2S/c1-27-6-8-28(9-7-27)22-24-15-4-2-3-13(15)18(25-22)17-16(19(29)26-20(17)30)14-11-23-21-12(14)5-10-31-21/h5,10-11,23H,2-4,6-9H2,1H3,(H,26,29,30). The molecule has 8 nitrogen and oxygen atoms in total. The highest BCUT2D eigenvalue weighted by atomic mass is 32.1. The lowest BCUT2D eigenvalue weighted by molar-refractivity contribution is -0.122. The first-order valence-corrected chi connectivity index (χ1v) is 11.5. The van der Waals surface area contributed by atoms with E-state index in [0.717, 1.165) is 72.5 Å². The van der Waals surface area contributed by atoms with Gasteiger partial charge < -0.3 is 14.8 Å². The molecule has 1 saturated heterocycles.